The van der Waals surface area contributed by atoms with Crippen molar-refractivity contribution in [3.8, 4) is 0 Å². The molecule has 5 nitrogen and oxygen atoms in total. The molecule has 108 valence electrons. The minimum Gasteiger partial charge on any atom is -0.370 e. The number of anilines is 2. The van der Waals surface area contributed by atoms with E-state index in [4.69, 9.17) is 5.73 Å². The largest absolute Gasteiger partial charge is 0.370 e. The van der Waals surface area contributed by atoms with Crippen molar-refractivity contribution >= 4 is 11.6 Å². The van der Waals surface area contributed by atoms with Crippen LogP contribution in [-0.2, 0) is 0 Å². The highest BCUT2D eigenvalue weighted by atomic mass is 15.1. The summed E-state index contributed by atoms with van der Waals surface area (Å²) in [6, 6.07) is 1.95. The quantitative estimate of drug-likeness (QED) is 0.598. The van der Waals surface area contributed by atoms with Crippen molar-refractivity contribution in [2.45, 2.75) is 52.0 Å². The van der Waals surface area contributed by atoms with Crippen molar-refractivity contribution < 1.29 is 0 Å². The number of hydrogen-bond acceptors (Lipinski definition) is 5. The molecule has 4 N–H and O–H groups in total. The smallest absolute Gasteiger partial charge is 0.131 e. The van der Waals surface area contributed by atoms with Gasteiger partial charge in [0, 0.05) is 18.2 Å². The van der Waals surface area contributed by atoms with Crippen molar-refractivity contribution in [2.24, 2.45) is 5.73 Å². The van der Waals surface area contributed by atoms with Gasteiger partial charge in [-0.25, -0.2) is 9.97 Å². The summed E-state index contributed by atoms with van der Waals surface area (Å²) in [6.45, 7) is 8.06. The van der Waals surface area contributed by atoms with E-state index >= 15 is 0 Å². The summed E-state index contributed by atoms with van der Waals surface area (Å²) in [5.41, 5.74) is 5.55. The Kier molecular flexibility index (Phi) is 6.56. The number of hydrogen-bond donors (Lipinski definition) is 3. The molecule has 1 heterocycles. The molecule has 0 saturated heterocycles. The second kappa shape index (κ2) is 7.94. The van der Waals surface area contributed by atoms with E-state index in [0.717, 1.165) is 24.6 Å². The van der Waals surface area contributed by atoms with Crippen molar-refractivity contribution in [2.75, 3.05) is 23.7 Å². The molecule has 0 atom stereocenters. The Labute approximate surface area is 116 Å². The van der Waals surface area contributed by atoms with Crippen LogP contribution in [0.4, 0.5) is 11.6 Å². The van der Waals surface area contributed by atoms with E-state index in [-0.39, 0.29) is 5.54 Å². The molecule has 1 rings (SSSR count). The maximum atomic E-state index is 5.61. The Morgan fingerprint density at radius 3 is 2.63 bits per heavy atom. The number of nitrogens with zero attached hydrogens (tertiary/aromatic N) is 2. The lowest BCUT2D eigenvalue weighted by molar-refractivity contribution is 0.524. The van der Waals surface area contributed by atoms with Crippen LogP contribution in [0, 0.1) is 0 Å². The molecule has 0 aliphatic heterocycles. The van der Waals surface area contributed by atoms with E-state index in [1.54, 1.807) is 6.33 Å². The van der Waals surface area contributed by atoms with Crippen LogP contribution < -0.4 is 16.4 Å². The fraction of sp³-hybridized carbons (Fsp3) is 0.714. The van der Waals surface area contributed by atoms with Gasteiger partial charge < -0.3 is 16.4 Å². The Morgan fingerprint density at radius 1 is 1.21 bits per heavy atom. The number of nitrogens with two attached hydrogens (primary N) is 1. The summed E-state index contributed by atoms with van der Waals surface area (Å²) >= 11 is 0. The number of rotatable bonds is 9. The first kappa shape index (κ1) is 15.7. The van der Waals surface area contributed by atoms with Crippen LogP contribution in [0.25, 0.3) is 0 Å². The Morgan fingerprint density at radius 2 is 1.95 bits per heavy atom. The fourth-order valence-corrected chi connectivity index (χ4v) is 1.88. The molecule has 5 heteroatoms. The van der Waals surface area contributed by atoms with E-state index in [1.165, 1.54) is 19.3 Å². The molecule has 0 spiro atoms. The molecule has 0 saturated carbocycles. The van der Waals surface area contributed by atoms with Crippen LogP contribution in [0.3, 0.4) is 0 Å². The van der Waals surface area contributed by atoms with Gasteiger partial charge in [0.1, 0.15) is 18.0 Å². The summed E-state index contributed by atoms with van der Waals surface area (Å²) in [4.78, 5) is 8.47. The number of aromatic nitrogens is 2. The highest BCUT2D eigenvalue weighted by molar-refractivity contribution is 5.47. The molecule has 0 unspecified atom stereocenters. The SMILES string of the molecule is CCCCCNc1cc(NC(C)(C)CCN)ncn1. The molecule has 1 aromatic rings. The van der Waals surface area contributed by atoms with Crippen LogP contribution in [0.5, 0.6) is 0 Å². The van der Waals surface area contributed by atoms with E-state index in [1.807, 2.05) is 6.07 Å². The molecule has 0 aromatic carbocycles. The third kappa shape index (κ3) is 6.38. The van der Waals surface area contributed by atoms with E-state index < -0.39 is 0 Å². The van der Waals surface area contributed by atoms with E-state index in [0.29, 0.717) is 6.54 Å². The first-order valence-corrected chi connectivity index (χ1v) is 7.11. The lowest BCUT2D eigenvalue weighted by Gasteiger charge is -2.26. The standard InChI is InChI=1S/C14H27N5/c1-4-5-6-9-16-12-10-13(18-11-17-12)19-14(2,3)7-8-15/h10-11H,4-9,15H2,1-3H3,(H2,16,17,18,19). The lowest BCUT2D eigenvalue weighted by Crippen LogP contribution is -2.33. The van der Waals surface area contributed by atoms with E-state index in [2.05, 4.69) is 41.4 Å². The highest BCUT2D eigenvalue weighted by Gasteiger charge is 2.16. The topological polar surface area (TPSA) is 75.9 Å². The Bertz CT molecular complexity index is 365. The van der Waals surface area contributed by atoms with Crippen molar-refractivity contribution in [3.05, 3.63) is 12.4 Å². The number of nitrogens with one attached hydrogen (secondary N) is 2. The zero-order valence-corrected chi connectivity index (χ0v) is 12.4. The molecule has 0 bridgehead atoms. The fourth-order valence-electron chi connectivity index (χ4n) is 1.88. The minimum absolute atomic E-state index is 0.0530. The van der Waals surface area contributed by atoms with Crippen LogP contribution in [0.15, 0.2) is 12.4 Å². The molecule has 0 amide bonds. The van der Waals surface area contributed by atoms with Crippen LogP contribution in [0.2, 0.25) is 0 Å². The van der Waals surface area contributed by atoms with Gasteiger partial charge in [-0.2, -0.15) is 0 Å². The molecular formula is C14H27N5. The summed E-state index contributed by atoms with van der Waals surface area (Å²) in [5.74, 6) is 1.71. The predicted octanol–water partition coefficient (Wildman–Crippen LogP) is 2.62. The predicted molar refractivity (Wildman–Crippen MR) is 81.4 cm³/mol. The maximum absolute atomic E-state index is 5.61. The first-order valence-electron chi connectivity index (χ1n) is 7.11. The van der Waals surface area contributed by atoms with Gasteiger partial charge in [-0.15, -0.1) is 0 Å². The van der Waals surface area contributed by atoms with Crippen LogP contribution in [-0.4, -0.2) is 28.6 Å². The van der Waals surface area contributed by atoms with Gasteiger partial charge in [-0.05, 0) is 33.2 Å². The lowest BCUT2D eigenvalue weighted by atomic mass is 10.0. The summed E-state index contributed by atoms with van der Waals surface area (Å²) in [5, 5.41) is 6.71. The first-order chi connectivity index (χ1) is 9.07. The summed E-state index contributed by atoms with van der Waals surface area (Å²) in [6.07, 6.45) is 6.12. The average Bonchev–Trinajstić information content (AvgIpc) is 2.34. The maximum Gasteiger partial charge on any atom is 0.131 e. The van der Waals surface area contributed by atoms with Gasteiger partial charge >= 0.3 is 0 Å². The molecule has 19 heavy (non-hydrogen) atoms. The van der Waals surface area contributed by atoms with Gasteiger partial charge in [0.2, 0.25) is 0 Å². The van der Waals surface area contributed by atoms with E-state index in [9.17, 15) is 0 Å². The normalized spacial score (nSPS) is 11.4. The van der Waals surface area contributed by atoms with Crippen molar-refractivity contribution in [1.82, 2.24) is 9.97 Å². The zero-order chi connectivity index (χ0) is 14.1. The van der Waals surface area contributed by atoms with Gasteiger partial charge in [0.15, 0.2) is 0 Å². The minimum atomic E-state index is -0.0530. The molecule has 0 fully saturated rings. The Hall–Kier alpha value is -1.36. The molecular weight excluding hydrogens is 238 g/mol. The van der Waals surface area contributed by atoms with Crippen LogP contribution in [0.1, 0.15) is 46.5 Å². The summed E-state index contributed by atoms with van der Waals surface area (Å²) in [7, 11) is 0. The molecule has 0 radical (unpaired) electrons. The van der Waals surface area contributed by atoms with Gasteiger partial charge in [-0.1, -0.05) is 19.8 Å². The van der Waals surface area contributed by atoms with Crippen LogP contribution >= 0.6 is 0 Å². The zero-order valence-electron chi connectivity index (χ0n) is 12.4. The third-order valence-electron chi connectivity index (χ3n) is 2.99. The average molecular weight is 265 g/mol. The van der Waals surface area contributed by atoms with Gasteiger partial charge in [0.05, 0.1) is 0 Å². The second-order valence-electron chi connectivity index (χ2n) is 5.47. The molecule has 0 aliphatic rings. The second-order valence-corrected chi connectivity index (χ2v) is 5.47. The van der Waals surface area contributed by atoms with Crippen molar-refractivity contribution in [1.29, 1.82) is 0 Å². The van der Waals surface area contributed by atoms with Gasteiger partial charge in [-0.3, -0.25) is 0 Å². The van der Waals surface area contributed by atoms with Crippen molar-refractivity contribution in [3.63, 3.8) is 0 Å². The third-order valence-corrected chi connectivity index (χ3v) is 2.99. The Balaban J connectivity index is 2.52. The monoisotopic (exact) mass is 265 g/mol. The summed E-state index contributed by atoms with van der Waals surface area (Å²) < 4.78 is 0. The molecule has 1 aromatic heterocycles. The molecule has 0 aliphatic carbocycles. The highest BCUT2D eigenvalue weighted by Crippen LogP contribution is 2.17. The van der Waals surface area contributed by atoms with Gasteiger partial charge in [0.25, 0.3) is 0 Å². The number of unbranched alkanes of at least 4 members (excludes halogenated alkanes) is 2.